The van der Waals surface area contributed by atoms with E-state index in [1.165, 1.54) is 5.56 Å². The van der Waals surface area contributed by atoms with Gasteiger partial charge in [0, 0.05) is 12.6 Å². The first-order valence-corrected chi connectivity index (χ1v) is 6.65. The Labute approximate surface area is 113 Å². The Balaban J connectivity index is 2.21. The van der Waals surface area contributed by atoms with Crippen LogP contribution in [0.2, 0.25) is 0 Å². The Kier molecular flexibility index (Phi) is 4.37. The minimum Gasteiger partial charge on any atom is -0.485 e. The molecule has 0 saturated carbocycles. The number of likely N-dealkylation sites (N-methyl/N-ethyl adjacent to an activating group) is 1. The van der Waals surface area contributed by atoms with Gasteiger partial charge >= 0.3 is 5.69 Å². The number of ether oxygens (including phenoxy) is 1. The van der Waals surface area contributed by atoms with Gasteiger partial charge in [-0.05, 0) is 57.0 Å². The highest BCUT2D eigenvalue weighted by Gasteiger charge is 2.21. The topological polar surface area (TPSA) is 55.6 Å². The number of aryl methyl sites for hydroxylation is 2. The van der Waals surface area contributed by atoms with E-state index in [1.54, 1.807) is 6.07 Å². The van der Waals surface area contributed by atoms with Crippen LogP contribution in [-0.4, -0.2) is 37.1 Å². The fraction of sp³-hybridized carbons (Fsp3) is 0.571. The van der Waals surface area contributed by atoms with Crippen molar-refractivity contribution in [1.82, 2.24) is 4.90 Å². The third kappa shape index (κ3) is 3.44. The predicted molar refractivity (Wildman–Crippen MR) is 73.8 cm³/mol. The van der Waals surface area contributed by atoms with E-state index in [0.29, 0.717) is 12.4 Å². The van der Waals surface area contributed by atoms with Gasteiger partial charge in [-0.2, -0.15) is 0 Å². The molecule has 0 aromatic heterocycles. The summed E-state index contributed by atoms with van der Waals surface area (Å²) in [4.78, 5) is 12.8. The first kappa shape index (κ1) is 13.8. The fourth-order valence-corrected chi connectivity index (χ4v) is 2.35. The van der Waals surface area contributed by atoms with E-state index in [1.807, 2.05) is 25.1 Å². The van der Waals surface area contributed by atoms with Crippen LogP contribution in [-0.2, 0) is 12.8 Å². The fourth-order valence-electron chi connectivity index (χ4n) is 2.35. The van der Waals surface area contributed by atoms with Crippen LogP contribution in [0.4, 0.5) is 5.69 Å². The zero-order valence-corrected chi connectivity index (χ0v) is 11.5. The molecule has 19 heavy (non-hydrogen) atoms. The highest BCUT2D eigenvalue weighted by Crippen LogP contribution is 2.34. The van der Waals surface area contributed by atoms with E-state index in [-0.39, 0.29) is 10.6 Å². The predicted octanol–water partition coefficient (Wildman–Crippen LogP) is 2.41. The van der Waals surface area contributed by atoms with Crippen LogP contribution < -0.4 is 4.74 Å². The van der Waals surface area contributed by atoms with Crippen LogP contribution in [0.15, 0.2) is 12.1 Å². The molecule has 0 bridgehead atoms. The maximum Gasteiger partial charge on any atom is 0.311 e. The van der Waals surface area contributed by atoms with Crippen molar-refractivity contribution >= 4 is 5.69 Å². The molecule has 0 spiro atoms. The van der Waals surface area contributed by atoms with E-state index < -0.39 is 0 Å². The lowest BCUT2D eigenvalue weighted by atomic mass is 9.91. The van der Waals surface area contributed by atoms with Crippen LogP contribution in [0.3, 0.4) is 0 Å². The zero-order chi connectivity index (χ0) is 13.8. The Morgan fingerprint density at radius 3 is 2.47 bits per heavy atom. The van der Waals surface area contributed by atoms with Crippen molar-refractivity contribution in [3.8, 4) is 5.75 Å². The van der Waals surface area contributed by atoms with Gasteiger partial charge in [-0.25, -0.2) is 0 Å². The molecule has 0 N–H and O–H groups in total. The lowest BCUT2D eigenvalue weighted by Gasteiger charge is -2.17. The number of rotatable bonds is 5. The molecule has 104 valence electrons. The van der Waals surface area contributed by atoms with Crippen LogP contribution in [0.1, 0.15) is 24.0 Å². The quantitative estimate of drug-likeness (QED) is 0.605. The minimum atomic E-state index is -0.347. The van der Waals surface area contributed by atoms with Crippen LogP contribution in [0.5, 0.6) is 5.75 Å². The number of nitrogens with zero attached hydrogens (tertiary/aromatic N) is 2. The Morgan fingerprint density at radius 2 is 1.89 bits per heavy atom. The standard InChI is InChI=1S/C14H20N2O3/c1-15(2)7-8-19-14-10-12-6-4-3-5-11(12)9-13(14)16(17)18/h9-10H,3-8H2,1-2H3. The lowest BCUT2D eigenvalue weighted by molar-refractivity contribution is -0.386. The van der Waals surface area contributed by atoms with Gasteiger partial charge < -0.3 is 9.64 Å². The lowest BCUT2D eigenvalue weighted by Crippen LogP contribution is -2.20. The summed E-state index contributed by atoms with van der Waals surface area (Å²) in [6, 6.07) is 3.56. The number of nitro groups is 1. The molecule has 0 heterocycles. The number of hydrogen-bond donors (Lipinski definition) is 0. The smallest absolute Gasteiger partial charge is 0.311 e. The molecule has 0 amide bonds. The van der Waals surface area contributed by atoms with Crippen molar-refractivity contribution in [3.05, 3.63) is 33.4 Å². The van der Waals surface area contributed by atoms with Crippen molar-refractivity contribution in [1.29, 1.82) is 0 Å². The maximum atomic E-state index is 11.1. The summed E-state index contributed by atoms with van der Waals surface area (Å²) >= 11 is 0. The molecule has 0 fully saturated rings. The van der Waals surface area contributed by atoms with Crippen LogP contribution >= 0.6 is 0 Å². The molecule has 0 saturated heterocycles. The third-order valence-corrected chi connectivity index (χ3v) is 3.42. The van der Waals surface area contributed by atoms with Gasteiger partial charge in [-0.15, -0.1) is 0 Å². The largest absolute Gasteiger partial charge is 0.485 e. The highest BCUT2D eigenvalue weighted by atomic mass is 16.6. The second-order valence-corrected chi connectivity index (χ2v) is 5.20. The van der Waals surface area contributed by atoms with E-state index in [9.17, 15) is 10.1 Å². The van der Waals surface area contributed by atoms with Gasteiger partial charge in [0.25, 0.3) is 0 Å². The van der Waals surface area contributed by atoms with Gasteiger partial charge in [0.1, 0.15) is 6.61 Å². The molecule has 0 atom stereocenters. The van der Waals surface area contributed by atoms with Crippen molar-refractivity contribution in [2.45, 2.75) is 25.7 Å². The normalized spacial score (nSPS) is 14.3. The van der Waals surface area contributed by atoms with E-state index >= 15 is 0 Å². The van der Waals surface area contributed by atoms with Crippen molar-refractivity contribution < 1.29 is 9.66 Å². The van der Waals surface area contributed by atoms with E-state index in [4.69, 9.17) is 4.74 Å². The van der Waals surface area contributed by atoms with Gasteiger partial charge in [0.05, 0.1) is 4.92 Å². The molecule has 5 heteroatoms. The average Bonchev–Trinajstić information content (AvgIpc) is 2.37. The van der Waals surface area contributed by atoms with E-state index in [0.717, 1.165) is 37.8 Å². The molecule has 5 nitrogen and oxygen atoms in total. The average molecular weight is 264 g/mol. The second-order valence-electron chi connectivity index (χ2n) is 5.20. The number of hydrogen-bond acceptors (Lipinski definition) is 4. The SMILES string of the molecule is CN(C)CCOc1cc2c(cc1[N+](=O)[O-])CCCC2. The first-order valence-electron chi connectivity index (χ1n) is 6.65. The van der Waals surface area contributed by atoms with Crippen LogP contribution in [0.25, 0.3) is 0 Å². The van der Waals surface area contributed by atoms with E-state index in [2.05, 4.69) is 0 Å². The maximum absolute atomic E-state index is 11.1. The van der Waals surface area contributed by atoms with Crippen molar-refractivity contribution in [3.63, 3.8) is 0 Å². The van der Waals surface area contributed by atoms with Gasteiger partial charge in [-0.1, -0.05) is 0 Å². The monoisotopic (exact) mass is 264 g/mol. The highest BCUT2D eigenvalue weighted by molar-refractivity contribution is 5.52. The molecular formula is C14H20N2O3. The van der Waals surface area contributed by atoms with Crippen molar-refractivity contribution in [2.75, 3.05) is 27.2 Å². The summed E-state index contributed by atoms with van der Waals surface area (Å²) in [5.74, 6) is 0.410. The molecule has 0 aliphatic heterocycles. The Hall–Kier alpha value is -1.62. The number of fused-ring (bicyclic) bond motifs is 1. The Morgan fingerprint density at radius 1 is 1.26 bits per heavy atom. The zero-order valence-electron chi connectivity index (χ0n) is 11.5. The minimum absolute atomic E-state index is 0.0967. The summed E-state index contributed by atoms with van der Waals surface area (Å²) in [5, 5.41) is 11.1. The van der Waals surface area contributed by atoms with Crippen LogP contribution in [0, 0.1) is 10.1 Å². The third-order valence-electron chi connectivity index (χ3n) is 3.42. The number of nitro benzene ring substituents is 1. The molecule has 0 unspecified atom stereocenters. The number of benzene rings is 1. The van der Waals surface area contributed by atoms with Gasteiger partial charge in [0.2, 0.25) is 0 Å². The molecule has 1 aromatic rings. The second kappa shape index (κ2) is 6.02. The molecule has 1 aliphatic rings. The van der Waals surface area contributed by atoms with Gasteiger partial charge in [-0.3, -0.25) is 10.1 Å². The molecular weight excluding hydrogens is 244 g/mol. The summed E-state index contributed by atoms with van der Waals surface area (Å²) < 4.78 is 5.59. The van der Waals surface area contributed by atoms with Crippen molar-refractivity contribution in [2.24, 2.45) is 0 Å². The first-order chi connectivity index (χ1) is 9.08. The van der Waals surface area contributed by atoms with Gasteiger partial charge in [0.15, 0.2) is 5.75 Å². The summed E-state index contributed by atoms with van der Waals surface area (Å²) in [5.41, 5.74) is 2.41. The Bertz CT molecular complexity index is 472. The summed E-state index contributed by atoms with van der Waals surface area (Å²) in [7, 11) is 3.90. The molecule has 1 aromatic carbocycles. The summed E-state index contributed by atoms with van der Waals surface area (Å²) in [6.07, 6.45) is 4.21. The molecule has 0 radical (unpaired) electrons. The molecule has 1 aliphatic carbocycles. The summed E-state index contributed by atoms with van der Waals surface area (Å²) in [6.45, 7) is 1.21. The molecule has 2 rings (SSSR count).